The Labute approximate surface area is 133 Å². The van der Waals surface area contributed by atoms with Crippen LogP contribution in [0.5, 0.6) is 0 Å². The Morgan fingerprint density at radius 1 is 1.41 bits per heavy atom. The zero-order valence-electron chi connectivity index (χ0n) is 14.2. The summed E-state index contributed by atoms with van der Waals surface area (Å²) in [5, 5.41) is 14.2. The summed E-state index contributed by atoms with van der Waals surface area (Å²) in [6, 6.07) is 3.19. The molecule has 5 atom stereocenters. The van der Waals surface area contributed by atoms with Crippen LogP contribution in [0, 0.1) is 11.3 Å². The molecular weight excluding hydrogens is 276 g/mol. The Balaban J connectivity index is 1.59. The van der Waals surface area contributed by atoms with E-state index in [9.17, 15) is 5.11 Å². The largest absolute Gasteiger partial charge is 0.472 e. The van der Waals surface area contributed by atoms with Crippen LogP contribution in [0.3, 0.4) is 0 Å². The van der Waals surface area contributed by atoms with Crippen molar-refractivity contribution in [2.45, 2.75) is 64.3 Å². The summed E-state index contributed by atoms with van der Waals surface area (Å²) in [7, 11) is 2.21. The molecule has 0 aromatic carbocycles. The van der Waals surface area contributed by atoms with E-state index < -0.39 is 0 Å². The second-order valence-electron chi connectivity index (χ2n) is 7.95. The van der Waals surface area contributed by atoms with E-state index in [2.05, 4.69) is 38.0 Å². The molecule has 22 heavy (non-hydrogen) atoms. The molecule has 4 heteroatoms. The van der Waals surface area contributed by atoms with Crippen LogP contribution in [0.1, 0.15) is 39.2 Å². The maximum Gasteiger partial charge on any atom is 0.0935 e. The summed E-state index contributed by atoms with van der Waals surface area (Å²) in [6.07, 6.45) is 6.29. The van der Waals surface area contributed by atoms with Gasteiger partial charge in [0.05, 0.1) is 18.6 Å². The summed E-state index contributed by atoms with van der Waals surface area (Å²) in [5.41, 5.74) is 1.53. The van der Waals surface area contributed by atoms with Crippen LogP contribution in [0.25, 0.3) is 0 Å². The predicted molar refractivity (Wildman–Crippen MR) is 87.7 cm³/mol. The van der Waals surface area contributed by atoms with E-state index in [0.717, 1.165) is 25.8 Å². The van der Waals surface area contributed by atoms with Crippen molar-refractivity contribution in [3.05, 3.63) is 24.2 Å². The number of rotatable bonds is 5. The fourth-order valence-electron chi connectivity index (χ4n) is 5.20. The highest BCUT2D eigenvalue weighted by molar-refractivity contribution is 5.13. The van der Waals surface area contributed by atoms with Crippen molar-refractivity contribution in [3.8, 4) is 0 Å². The van der Waals surface area contributed by atoms with Gasteiger partial charge in [-0.25, -0.2) is 0 Å². The van der Waals surface area contributed by atoms with E-state index in [0.29, 0.717) is 23.4 Å². The molecule has 2 heterocycles. The van der Waals surface area contributed by atoms with Crippen LogP contribution in [-0.2, 0) is 6.42 Å². The smallest absolute Gasteiger partial charge is 0.0935 e. The van der Waals surface area contributed by atoms with Crippen LogP contribution in [0.4, 0.5) is 0 Å². The first kappa shape index (κ1) is 16.0. The number of nitrogens with zero attached hydrogens (tertiary/aromatic N) is 1. The lowest BCUT2D eigenvalue weighted by Crippen LogP contribution is -2.64. The molecule has 2 fully saturated rings. The molecular formula is C18H30N2O2. The molecule has 1 aromatic rings. The molecule has 1 saturated carbocycles. The molecule has 1 aliphatic carbocycles. The van der Waals surface area contributed by atoms with Gasteiger partial charge in [0.1, 0.15) is 0 Å². The standard InChI is InChI=1S/C18H30N2O2/c1-12(2)17-18(11-20(17)4)8-15(16(21)9-18)19-13(3)7-14-5-6-22-10-14/h5-6,10,12-13,15-17,19,21H,7-9,11H2,1-4H3/t13?,15-,16-,17?,18?/m1/s1. The molecule has 2 N–H and O–H groups in total. The van der Waals surface area contributed by atoms with Gasteiger partial charge in [-0.05, 0) is 50.8 Å². The van der Waals surface area contributed by atoms with Crippen molar-refractivity contribution in [1.82, 2.24) is 10.2 Å². The van der Waals surface area contributed by atoms with Gasteiger partial charge in [0.2, 0.25) is 0 Å². The summed E-state index contributed by atoms with van der Waals surface area (Å²) >= 11 is 0. The van der Waals surface area contributed by atoms with Crippen LogP contribution >= 0.6 is 0 Å². The van der Waals surface area contributed by atoms with Gasteiger partial charge in [-0.3, -0.25) is 0 Å². The van der Waals surface area contributed by atoms with E-state index in [1.807, 2.05) is 6.07 Å². The van der Waals surface area contributed by atoms with Crippen molar-refractivity contribution in [3.63, 3.8) is 0 Å². The molecule has 0 amide bonds. The monoisotopic (exact) mass is 306 g/mol. The SMILES string of the molecule is CC(Cc1ccoc1)N[C@@H]1CC2(C[C@H]1O)CN(C)C2C(C)C. The number of aliphatic hydroxyl groups excluding tert-OH is 1. The number of hydrogen-bond donors (Lipinski definition) is 2. The molecule has 1 spiro atoms. The van der Waals surface area contributed by atoms with Gasteiger partial charge >= 0.3 is 0 Å². The Bertz CT molecular complexity index is 483. The van der Waals surface area contributed by atoms with E-state index >= 15 is 0 Å². The summed E-state index contributed by atoms with van der Waals surface area (Å²) in [5.74, 6) is 0.646. The van der Waals surface area contributed by atoms with Gasteiger partial charge in [-0.15, -0.1) is 0 Å². The van der Waals surface area contributed by atoms with E-state index in [4.69, 9.17) is 4.42 Å². The second-order valence-corrected chi connectivity index (χ2v) is 7.95. The first-order chi connectivity index (χ1) is 10.4. The quantitative estimate of drug-likeness (QED) is 0.876. The van der Waals surface area contributed by atoms with Gasteiger partial charge in [-0.2, -0.15) is 0 Å². The summed E-state index contributed by atoms with van der Waals surface area (Å²) in [6.45, 7) is 7.92. The van der Waals surface area contributed by atoms with Gasteiger partial charge in [0.25, 0.3) is 0 Å². The van der Waals surface area contributed by atoms with Gasteiger partial charge in [0, 0.05) is 30.1 Å². The molecule has 0 radical (unpaired) electrons. The van der Waals surface area contributed by atoms with Crippen molar-refractivity contribution in [1.29, 1.82) is 0 Å². The Morgan fingerprint density at radius 2 is 2.18 bits per heavy atom. The number of hydrogen-bond acceptors (Lipinski definition) is 4. The topological polar surface area (TPSA) is 48.6 Å². The van der Waals surface area contributed by atoms with Gasteiger partial charge < -0.3 is 19.7 Å². The van der Waals surface area contributed by atoms with E-state index in [-0.39, 0.29) is 12.1 Å². The number of aliphatic hydroxyl groups is 1. The van der Waals surface area contributed by atoms with E-state index in [1.54, 1.807) is 12.5 Å². The minimum atomic E-state index is -0.221. The van der Waals surface area contributed by atoms with Crippen LogP contribution in [-0.4, -0.2) is 47.8 Å². The lowest BCUT2D eigenvalue weighted by Gasteiger charge is -2.57. The average molecular weight is 306 g/mol. The molecule has 2 aliphatic rings. The Hall–Kier alpha value is -0.840. The maximum absolute atomic E-state index is 10.6. The fraction of sp³-hybridized carbons (Fsp3) is 0.778. The third kappa shape index (κ3) is 2.84. The summed E-state index contributed by atoms with van der Waals surface area (Å²) < 4.78 is 5.14. The normalized spacial score (nSPS) is 36.9. The number of furan rings is 1. The highest BCUT2D eigenvalue weighted by Gasteiger charge is 2.57. The van der Waals surface area contributed by atoms with Crippen LogP contribution in [0.2, 0.25) is 0 Å². The third-order valence-corrected chi connectivity index (χ3v) is 5.63. The molecule has 124 valence electrons. The first-order valence-electron chi connectivity index (χ1n) is 8.57. The Morgan fingerprint density at radius 3 is 2.77 bits per heavy atom. The molecule has 1 aromatic heterocycles. The molecule has 1 aliphatic heterocycles. The zero-order chi connectivity index (χ0) is 15.9. The van der Waals surface area contributed by atoms with Crippen molar-refractivity contribution in [2.24, 2.45) is 11.3 Å². The van der Waals surface area contributed by atoms with Gasteiger partial charge in [-0.1, -0.05) is 13.8 Å². The molecule has 3 unspecified atom stereocenters. The van der Waals surface area contributed by atoms with Crippen molar-refractivity contribution in [2.75, 3.05) is 13.6 Å². The maximum atomic E-state index is 10.6. The molecule has 4 nitrogen and oxygen atoms in total. The van der Waals surface area contributed by atoms with Gasteiger partial charge in [0.15, 0.2) is 0 Å². The highest BCUT2D eigenvalue weighted by atomic mass is 16.3. The zero-order valence-corrected chi connectivity index (χ0v) is 14.2. The minimum absolute atomic E-state index is 0.219. The van der Waals surface area contributed by atoms with E-state index in [1.165, 1.54) is 5.56 Å². The lowest BCUT2D eigenvalue weighted by molar-refractivity contribution is -0.0828. The van der Waals surface area contributed by atoms with Crippen molar-refractivity contribution < 1.29 is 9.52 Å². The Kier molecular flexibility index (Phi) is 4.36. The minimum Gasteiger partial charge on any atom is -0.472 e. The lowest BCUT2D eigenvalue weighted by atomic mass is 9.66. The molecule has 0 bridgehead atoms. The highest BCUT2D eigenvalue weighted by Crippen LogP contribution is 2.52. The molecule has 1 saturated heterocycles. The third-order valence-electron chi connectivity index (χ3n) is 5.63. The van der Waals surface area contributed by atoms with Crippen LogP contribution in [0.15, 0.2) is 23.0 Å². The number of likely N-dealkylation sites (tertiary alicyclic amines) is 1. The number of nitrogens with one attached hydrogen (secondary N) is 1. The first-order valence-corrected chi connectivity index (χ1v) is 8.57. The molecule has 3 rings (SSSR count). The second kappa shape index (κ2) is 5.99. The predicted octanol–water partition coefficient (Wildman–Crippen LogP) is 2.28. The average Bonchev–Trinajstić information content (AvgIpc) is 2.98. The van der Waals surface area contributed by atoms with Crippen LogP contribution < -0.4 is 5.32 Å². The summed E-state index contributed by atoms with van der Waals surface area (Å²) in [4.78, 5) is 2.45. The fourth-order valence-corrected chi connectivity index (χ4v) is 5.20. The van der Waals surface area contributed by atoms with Crippen molar-refractivity contribution >= 4 is 0 Å².